The van der Waals surface area contributed by atoms with Crippen molar-refractivity contribution in [3.05, 3.63) is 36.5 Å². The summed E-state index contributed by atoms with van der Waals surface area (Å²) in [5.41, 5.74) is 1.41. The molecule has 8 heteroatoms. The number of methoxy groups -OCH3 is 2. The fourth-order valence-electron chi connectivity index (χ4n) is 3.69. The lowest BCUT2D eigenvalue weighted by Crippen LogP contribution is -2.42. The van der Waals surface area contributed by atoms with Gasteiger partial charge in [0.15, 0.2) is 11.5 Å². The predicted octanol–water partition coefficient (Wildman–Crippen LogP) is 3.17. The highest BCUT2D eigenvalue weighted by atomic mass is 16.5. The lowest BCUT2D eigenvalue weighted by atomic mass is 10.0. The van der Waals surface area contributed by atoms with Crippen LogP contribution in [-0.4, -0.2) is 53.6 Å². The largest absolute Gasteiger partial charge is 0.493 e. The number of anilines is 1. The maximum Gasteiger partial charge on any atom is 0.259 e. The summed E-state index contributed by atoms with van der Waals surface area (Å²) in [7, 11) is 3.16. The minimum absolute atomic E-state index is 0.123. The van der Waals surface area contributed by atoms with Crippen molar-refractivity contribution in [3.63, 3.8) is 0 Å². The Morgan fingerprint density at radius 1 is 1.17 bits per heavy atom. The van der Waals surface area contributed by atoms with E-state index in [1.165, 1.54) is 0 Å². The van der Waals surface area contributed by atoms with E-state index in [1.807, 2.05) is 30.3 Å². The maximum absolute atomic E-state index is 9.62. The van der Waals surface area contributed by atoms with Gasteiger partial charge in [0.2, 0.25) is 5.82 Å². The van der Waals surface area contributed by atoms with E-state index in [4.69, 9.17) is 14.0 Å². The van der Waals surface area contributed by atoms with Crippen LogP contribution >= 0.6 is 0 Å². The summed E-state index contributed by atoms with van der Waals surface area (Å²) in [5.74, 6) is 2.79. The Labute approximate surface area is 169 Å². The minimum Gasteiger partial charge on any atom is -0.493 e. The van der Waals surface area contributed by atoms with Crippen molar-refractivity contribution >= 4 is 5.82 Å². The molecule has 1 N–H and O–H groups in total. The third kappa shape index (κ3) is 3.75. The van der Waals surface area contributed by atoms with Gasteiger partial charge in [0, 0.05) is 12.7 Å². The van der Waals surface area contributed by atoms with E-state index in [0.717, 1.165) is 37.2 Å². The summed E-state index contributed by atoms with van der Waals surface area (Å²) in [5, 5.41) is 13.7. The van der Waals surface area contributed by atoms with Crippen LogP contribution in [0.25, 0.3) is 22.8 Å². The van der Waals surface area contributed by atoms with Gasteiger partial charge in [-0.25, -0.2) is 4.98 Å². The fraction of sp³-hybridized carbons (Fsp3) is 0.381. The molecule has 2 aromatic heterocycles. The van der Waals surface area contributed by atoms with Gasteiger partial charge in [-0.3, -0.25) is 0 Å². The van der Waals surface area contributed by atoms with Gasteiger partial charge in [0.05, 0.1) is 38.0 Å². The Morgan fingerprint density at radius 2 is 2.07 bits per heavy atom. The average Bonchev–Trinajstić information content (AvgIpc) is 3.28. The first-order valence-electron chi connectivity index (χ1n) is 9.64. The average molecular weight is 396 g/mol. The van der Waals surface area contributed by atoms with Gasteiger partial charge in [0.25, 0.3) is 5.89 Å². The summed E-state index contributed by atoms with van der Waals surface area (Å²) in [4.78, 5) is 11.2. The molecule has 0 bridgehead atoms. The van der Waals surface area contributed by atoms with Crippen LogP contribution in [0.3, 0.4) is 0 Å². The van der Waals surface area contributed by atoms with Gasteiger partial charge in [-0.2, -0.15) is 4.98 Å². The predicted molar refractivity (Wildman–Crippen MR) is 108 cm³/mol. The fourth-order valence-corrected chi connectivity index (χ4v) is 3.69. The zero-order chi connectivity index (χ0) is 20.2. The second-order valence-corrected chi connectivity index (χ2v) is 6.89. The van der Waals surface area contributed by atoms with Crippen molar-refractivity contribution in [2.45, 2.75) is 25.3 Å². The molecule has 1 fully saturated rings. The number of para-hydroxylation sites is 1. The van der Waals surface area contributed by atoms with Crippen molar-refractivity contribution in [2.75, 3.05) is 32.3 Å². The number of hydrogen-bond donors (Lipinski definition) is 1. The van der Waals surface area contributed by atoms with Gasteiger partial charge < -0.3 is 24.0 Å². The number of aromatic nitrogens is 3. The SMILES string of the molecule is COc1cccc(-c2noc(-c3ccc(N4CCCC[C@H]4CO)nc3)n2)c1OC. The highest BCUT2D eigenvalue weighted by molar-refractivity contribution is 5.69. The molecule has 0 amide bonds. The topological polar surface area (TPSA) is 93.7 Å². The molecule has 1 saturated heterocycles. The zero-order valence-corrected chi connectivity index (χ0v) is 16.5. The Bertz CT molecular complexity index is 958. The summed E-state index contributed by atoms with van der Waals surface area (Å²) in [6, 6.07) is 9.47. The quantitative estimate of drug-likeness (QED) is 0.679. The van der Waals surface area contributed by atoms with E-state index in [9.17, 15) is 5.11 Å². The monoisotopic (exact) mass is 396 g/mol. The number of aliphatic hydroxyl groups excluding tert-OH is 1. The molecule has 1 aliphatic heterocycles. The highest BCUT2D eigenvalue weighted by Crippen LogP contribution is 2.37. The van der Waals surface area contributed by atoms with Crippen LogP contribution in [-0.2, 0) is 0 Å². The standard InChI is InChI=1S/C21H24N4O4/c1-27-17-8-5-7-16(19(17)28-2)20-23-21(29-24-20)14-9-10-18(22-12-14)25-11-4-3-6-15(25)13-26/h5,7-10,12,15,26H,3-4,6,11,13H2,1-2H3/t15-/m0/s1. The normalized spacial score (nSPS) is 16.7. The molecular weight excluding hydrogens is 372 g/mol. The van der Waals surface area contributed by atoms with Crippen LogP contribution in [0.2, 0.25) is 0 Å². The number of aliphatic hydroxyl groups is 1. The molecule has 0 saturated carbocycles. The molecule has 0 spiro atoms. The second kappa shape index (κ2) is 8.48. The number of pyridine rings is 1. The number of hydrogen-bond acceptors (Lipinski definition) is 8. The van der Waals surface area contributed by atoms with Crippen molar-refractivity contribution in [1.82, 2.24) is 15.1 Å². The van der Waals surface area contributed by atoms with E-state index >= 15 is 0 Å². The summed E-state index contributed by atoms with van der Waals surface area (Å²) >= 11 is 0. The Balaban J connectivity index is 1.59. The number of benzene rings is 1. The first-order chi connectivity index (χ1) is 14.2. The van der Waals surface area contributed by atoms with Crippen LogP contribution in [0.15, 0.2) is 41.1 Å². The highest BCUT2D eigenvalue weighted by Gasteiger charge is 2.23. The van der Waals surface area contributed by atoms with E-state index in [2.05, 4.69) is 20.0 Å². The van der Waals surface area contributed by atoms with Gasteiger partial charge in [-0.15, -0.1) is 0 Å². The third-order valence-corrected chi connectivity index (χ3v) is 5.20. The third-order valence-electron chi connectivity index (χ3n) is 5.20. The van der Waals surface area contributed by atoms with E-state index in [0.29, 0.717) is 28.8 Å². The minimum atomic E-state index is 0.123. The molecule has 0 unspecified atom stereocenters. The number of nitrogens with zero attached hydrogens (tertiary/aromatic N) is 4. The molecule has 3 aromatic rings. The van der Waals surface area contributed by atoms with E-state index < -0.39 is 0 Å². The summed E-state index contributed by atoms with van der Waals surface area (Å²) in [6.07, 6.45) is 4.95. The smallest absolute Gasteiger partial charge is 0.259 e. The Morgan fingerprint density at radius 3 is 2.79 bits per heavy atom. The van der Waals surface area contributed by atoms with E-state index in [-0.39, 0.29) is 12.6 Å². The first kappa shape index (κ1) is 19.2. The number of piperidine rings is 1. The molecular formula is C21H24N4O4. The van der Waals surface area contributed by atoms with Crippen molar-refractivity contribution in [2.24, 2.45) is 0 Å². The van der Waals surface area contributed by atoms with Crippen LogP contribution in [0.1, 0.15) is 19.3 Å². The Kier molecular flexibility index (Phi) is 5.62. The van der Waals surface area contributed by atoms with Gasteiger partial charge in [-0.1, -0.05) is 11.2 Å². The maximum atomic E-state index is 9.62. The van der Waals surface area contributed by atoms with Crippen molar-refractivity contribution in [1.29, 1.82) is 0 Å². The number of ether oxygens (including phenoxy) is 2. The van der Waals surface area contributed by atoms with Gasteiger partial charge in [-0.05, 0) is 43.5 Å². The van der Waals surface area contributed by atoms with Crippen LogP contribution in [0, 0.1) is 0 Å². The molecule has 1 aliphatic rings. The second-order valence-electron chi connectivity index (χ2n) is 6.89. The number of rotatable bonds is 6. The molecule has 8 nitrogen and oxygen atoms in total. The first-order valence-corrected chi connectivity index (χ1v) is 9.64. The zero-order valence-electron chi connectivity index (χ0n) is 16.5. The summed E-state index contributed by atoms with van der Waals surface area (Å²) < 4.78 is 16.2. The molecule has 3 heterocycles. The van der Waals surface area contributed by atoms with Crippen LogP contribution in [0.5, 0.6) is 11.5 Å². The van der Waals surface area contributed by atoms with Gasteiger partial charge in [0.1, 0.15) is 5.82 Å². The molecule has 29 heavy (non-hydrogen) atoms. The Hall–Kier alpha value is -3.13. The molecule has 4 rings (SSSR count). The van der Waals surface area contributed by atoms with E-state index in [1.54, 1.807) is 20.4 Å². The summed E-state index contributed by atoms with van der Waals surface area (Å²) in [6.45, 7) is 1.04. The molecule has 0 aliphatic carbocycles. The lowest BCUT2D eigenvalue weighted by molar-refractivity contribution is 0.239. The van der Waals surface area contributed by atoms with Gasteiger partial charge >= 0.3 is 0 Å². The molecule has 1 aromatic carbocycles. The van der Waals surface area contributed by atoms with Crippen LogP contribution < -0.4 is 14.4 Å². The molecule has 1 atom stereocenters. The molecule has 0 radical (unpaired) electrons. The molecule has 152 valence electrons. The van der Waals surface area contributed by atoms with Crippen molar-refractivity contribution < 1.29 is 19.1 Å². The van der Waals surface area contributed by atoms with Crippen molar-refractivity contribution in [3.8, 4) is 34.3 Å². The lowest BCUT2D eigenvalue weighted by Gasteiger charge is -2.35. The van der Waals surface area contributed by atoms with Crippen LogP contribution in [0.4, 0.5) is 5.82 Å².